The Balaban J connectivity index is 1.93. The number of hydrogen-bond acceptors (Lipinski definition) is 3. The van der Waals surface area contributed by atoms with Crippen molar-refractivity contribution in [2.75, 3.05) is 11.4 Å². The molecule has 39 heavy (non-hydrogen) atoms. The summed E-state index contributed by atoms with van der Waals surface area (Å²) in [6.45, 7) is -1.45. The minimum absolute atomic E-state index is 0.0692. The van der Waals surface area contributed by atoms with E-state index in [-0.39, 0.29) is 23.2 Å². The minimum Gasteiger partial charge on any atom is -0.428 e. The topological polar surface area (TPSA) is 32.7 Å². The van der Waals surface area contributed by atoms with Gasteiger partial charge >= 0.3 is 24.9 Å². The Bertz CT molecular complexity index is 1240. The van der Waals surface area contributed by atoms with Crippen LogP contribution in [0.5, 0.6) is 5.75 Å². The molecule has 0 aromatic heterocycles. The van der Waals surface area contributed by atoms with E-state index in [2.05, 4.69) is 4.74 Å². The third-order valence-corrected chi connectivity index (χ3v) is 5.54. The van der Waals surface area contributed by atoms with Crippen LogP contribution in [0.25, 0.3) is 0 Å². The molecular weight excluding hydrogens is 548 g/mol. The highest BCUT2D eigenvalue weighted by Gasteiger charge is 2.44. The summed E-state index contributed by atoms with van der Waals surface area (Å²) in [6, 6.07) is 14.7. The molecule has 13 heteroatoms. The quantitative estimate of drug-likeness (QED) is 0.257. The van der Waals surface area contributed by atoms with Gasteiger partial charge in [0.2, 0.25) is 0 Å². The molecule has 1 atom stereocenters. The number of rotatable bonds is 10. The highest BCUT2D eigenvalue weighted by molar-refractivity contribution is 5.51. The van der Waals surface area contributed by atoms with Crippen LogP contribution in [0.2, 0.25) is 0 Å². The average molecular weight is 569 g/mol. The van der Waals surface area contributed by atoms with Crippen molar-refractivity contribution in [2.45, 2.75) is 44.0 Å². The molecule has 0 amide bonds. The number of nitrogens with zero attached hydrogens (tertiary/aromatic N) is 1. The first-order valence-corrected chi connectivity index (χ1v) is 11.2. The van der Waals surface area contributed by atoms with E-state index < -0.39 is 55.4 Å². The van der Waals surface area contributed by atoms with Crippen LogP contribution in [0.15, 0.2) is 72.8 Å². The van der Waals surface area contributed by atoms with Crippen molar-refractivity contribution < 1.29 is 53.7 Å². The maximum atomic E-state index is 13.4. The van der Waals surface area contributed by atoms with Crippen LogP contribution >= 0.6 is 0 Å². The number of hydrogen-bond donors (Lipinski definition) is 1. The molecule has 0 radical (unpaired) electrons. The molecule has 0 heterocycles. The van der Waals surface area contributed by atoms with Gasteiger partial charge in [0.25, 0.3) is 0 Å². The standard InChI is InChI=1S/C26H21F10NO2/c27-23(28)26(35,36)39-20-9-4-6-17(13-20)14-37(15-22(38)25(32,33)34)19-8-3-5-16(12-19)11-18-7-1-2-10-21(18)24(29,30)31/h1-10,12-13,22-23,38H,11,14-15H2. The monoisotopic (exact) mass is 569 g/mol. The van der Waals surface area contributed by atoms with E-state index in [1.165, 1.54) is 48.5 Å². The zero-order valence-electron chi connectivity index (χ0n) is 19.8. The van der Waals surface area contributed by atoms with Gasteiger partial charge < -0.3 is 14.7 Å². The van der Waals surface area contributed by atoms with E-state index in [4.69, 9.17) is 0 Å². The van der Waals surface area contributed by atoms with Crippen LogP contribution in [-0.2, 0) is 19.1 Å². The number of benzene rings is 3. The van der Waals surface area contributed by atoms with Crippen molar-refractivity contribution in [3.05, 3.63) is 95.1 Å². The largest absolute Gasteiger partial charge is 0.461 e. The number of aliphatic hydroxyl groups excluding tert-OH is 1. The molecule has 3 aromatic rings. The first-order valence-electron chi connectivity index (χ1n) is 11.2. The lowest BCUT2D eigenvalue weighted by Gasteiger charge is -2.29. The molecule has 0 saturated heterocycles. The summed E-state index contributed by atoms with van der Waals surface area (Å²) in [4.78, 5) is 1.03. The SMILES string of the molecule is OC(CN(Cc1cccc(OC(F)(F)C(F)F)c1)c1cccc(Cc2ccccc2C(F)(F)F)c1)C(F)(F)F. The summed E-state index contributed by atoms with van der Waals surface area (Å²) in [5, 5.41) is 9.70. The van der Waals surface area contributed by atoms with Gasteiger partial charge in [-0.05, 0) is 53.4 Å². The Morgan fingerprint density at radius 3 is 2.05 bits per heavy atom. The Labute approximate surface area is 216 Å². The van der Waals surface area contributed by atoms with Crippen LogP contribution in [0.1, 0.15) is 22.3 Å². The van der Waals surface area contributed by atoms with E-state index in [0.717, 1.165) is 29.2 Å². The average Bonchev–Trinajstić information content (AvgIpc) is 2.83. The molecule has 0 aliphatic heterocycles. The third-order valence-electron chi connectivity index (χ3n) is 5.54. The van der Waals surface area contributed by atoms with Crippen LogP contribution in [0, 0.1) is 0 Å². The Hall–Kier alpha value is -3.48. The van der Waals surface area contributed by atoms with Crippen LogP contribution < -0.4 is 9.64 Å². The van der Waals surface area contributed by atoms with Crippen molar-refractivity contribution in [2.24, 2.45) is 0 Å². The first-order chi connectivity index (χ1) is 18.1. The molecule has 3 rings (SSSR count). The number of ether oxygens (including phenoxy) is 1. The van der Waals surface area contributed by atoms with Crippen molar-refractivity contribution in [1.29, 1.82) is 0 Å². The third kappa shape index (κ3) is 8.25. The van der Waals surface area contributed by atoms with Crippen LogP contribution in [0.4, 0.5) is 49.6 Å². The summed E-state index contributed by atoms with van der Waals surface area (Å²) in [6.07, 6.45) is -21.7. The molecule has 1 unspecified atom stereocenters. The second kappa shape index (κ2) is 11.7. The lowest BCUT2D eigenvalue weighted by atomic mass is 9.99. The van der Waals surface area contributed by atoms with Crippen LogP contribution in [0.3, 0.4) is 0 Å². The maximum Gasteiger partial charge on any atom is 0.461 e. The predicted octanol–water partition coefficient (Wildman–Crippen LogP) is 7.46. The normalized spacial score (nSPS) is 13.4. The van der Waals surface area contributed by atoms with Crippen LogP contribution in [-0.4, -0.2) is 36.5 Å². The molecule has 212 valence electrons. The van der Waals surface area contributed by atoms with Crippen molar-refractivity contribution in [1.82, 2.24) is 0 Å². The van der Waals surface area contributed by atoms with Gasteiger partial charge in [-0.15, -0.1) is 0 Å². The molecule has 1 N–H and O–H groups in total. The highest BCUT2D eigenvalue weighted by atomic mass is 19.4. The summed E-state index contributed by atoms with van der Waals surface area (Å²) in [7, 11) is 0. The van der Waals surface area contributed by atoms with E-state index in [1.54, 1.807) is 0 Å². The lowest BCUT2D eigenvalue weighted by molar-refractivity contribution is -0.253. The molecule has 0 bridgehead atoms. The molecule has 0 saturated carbocycles. The number of aliphatic hydroxyl groups is 1. The Morgan fingerprint density at radius 2 is 1.41 bits per heavy atom. The van der Waals surface area contributed by atoms with E-state index in [9.17, 15) is 49.0 Å². The number of anilines is 1. The molecular formula is C26H21F10NO2. The molecule has 0 aliphatic rings. The van der Waals surface area contributed by atoms with Gasteiger partial charge in [0.1, 0.15) is 5.75 Å². The maximum absolute atomic E-state index is 13.4. The van der Waals surface area contributed by atoms with Crippen molar-refractivity contribution >= 4 is 5.69 Å². The van der Waals surface area contributed by atoms with Gasteiger partial charge in [0, 0.05) is 12.2 Å². The lowest BCUT2D eigenvalue weighted by Crippen LogP contribution is -2.41. The van der Waals surface area contributed by atoms with Crippen molar-refractivity contribution in [3.63, 3.8) is 0 Å². The van der Waals surface area contributed by atoms with Gasteiger partial charge in [-0.3, -0.25) is 0 Å². The van der Waals surface area contributed by atoms with E-state index in [0.29, 0.717) is 5.56 Å². The summed E-state index contributed by atoms with van der Waals surface area (Å²) >= 11 is 0. The zero-order valence-corrected chi connectivity index (χ0v) is 19.8. The molecule has 3 aromatic carbocycles. The van der Waals surface area contributed by atoms with Gasteiger partial charge in [-0.2, -0.15) is 43.9 Å². The zero-order chi connectivity index (χ0) is 29.0. The van der Waals surface area contributed by atoms with Gasteiger partial charge in [0.05, 0.1) is 12.1 Å². The Kier molecular flexibility index (Phi) is 9.04. The number of alkyl halides is 10. The smallest absolute Gasteiger partial charge is 0.428 e. The van der Waals surface area contributed by atoms with Gasteiger partial charge in [-0.1, -0.05) is 42.5 Å². The molecule has 0 spiro atoms. The molecule has 0 fully saturated rings. The second-order valence-corrected chi connectivity index (χ2v) is 8.55. The second-order valence-electron chi connectivity index (χ2n) is 8.55. The summed E-state index contributed by atoms with van der Waals surface area (Å²) in [5.41, 5.74) is -0.500. The summed E-state index contributed by atoms with van der Waals surface area (Å²) in [5.74, 6) is -0.674. The van der Waals surface area contributed by atoms with Gasteiger partial charge in [0.15, 0.2) is 6.10 Å². The van der Waals surface area contributed by atoms with E-state index >= 15 is 0 Å². The molecule has 0 aliphatic carbocycles. The first kappa shape index (κ1) is 30.1. The van der Waals surface area contributed by atoms with E-state index in [1.807, 2.05) is 0 Å². The predicted molar refractivity (Wildman–Crippen MR) is 122 cm³/mol. The fourth-order valence-corrected chi connectivity index (χ4v) is 3.74. The fourth-order valence-electron chi connectivity index (χ4n) is 3.74. The minimum atomic E-state index is -5.02. The molecule has 3 nitrogen and oxygen atoms in total. The number of halogens is 10. The van der Waals surface area contributed by atoms with Gasteiger partial charge in [-0.25, -0.2) is 0 Å². The Morgan fingerprint density at radius 1 is 0.769 bits per heavy atom. The highest BCUT2D eigenvalue weighted by Crippen LogP contribution is 2.34. The van der Waals surface area contributed by atoms with Crippen molar-refractivity contribution in [3.8, 4) is 5.75 Å². The summed E-state index contributed by atoms with van der Waals surface area (Å²) < 4.78 is 135. The fraction of sp³-hybridized carbons (Fsp3) is 0.308.